The lowest BCUT2D eigenvalue weighted by molar-refractivity contribution is 0.353. The van der Waals surface area contributed by atoms with Gasteiger partial charge in [0.05, 0.1) is 0 Å². The van der Waals surface area contributed by atoms with Gasteiger partial charge in [0.25, 0.3) is 0 Å². The van der Waals surface area contributed by atoms with Gasteiger partial charge in [-0.2, -0.15) is 0 Å². The minimum atomic E-state index is -2.01. The van der Waals surface area contributed by atoms with Crippen molar-refractivity contribution in [2.75, 3.05) is 0 Å². The van der Waals surface area contributed by atoms with Gasteiger partial charge in [0, 0.05) is 0 Å². The zero-order chi connectivity index (χ0) is 9.12. The molecule has 0 aliphatic heterocycles. The predicted molar refractivity (Wildman–Crippen MR) is 49.7 cm³/mol. The Balaban J connectivity index is 4.02. The summed E-state index contributed by atoms with van der Waals surface area (Å²) in [7, 11) is 1.95. The van der Waals surface area contributed by atoms with Crippen LogP contribution in [0.3, 0.4) is 0 Å². The van der Waals surface area contributed by atoms with Crippen molar-refractivity contribution in [3.05, 3.63) is 0 Å². The van der Waals surface area contributed by atoms with Gasteiger partial charge in [-0.15, -0.1) is 0 Å². The fourth-order valence-electron chi connectivity index (χ4n) is 0.634. The number of hydrogen-bond acceptors (Lipinski definition) is 3. The molecule has 3 nitrogen and oxygen atoms in total. The molecule has 0 aromatic carbocycles. The van der Waals surface area contributed by atoms with Gasteiger partial charge in [0.1, 0.15) is 0 Å². The van der Waals surface area contributed by atoms with Crippen LogP contribution in [0.2, 0.25) is 26.2 Å². The maximum Gasteiger partial charge on any atom is 0.312 e. The summed E-state index contributed by atoms with van der Waals surface area (Å²) in [5.41, 5.74) is 0. The van der Waals surface area contributed by atoms with E-state index in [-0.39, 0.29) is 0 Å². The van der Waals surface area contributed by atoms with Crippen LogP contribution < -0.4 is 0 Å². The summed E-state index contributed by atoms with van der Waals surface area (Å²) in [4.78, 5) is 0. The molecule has 0 saturated carbocycles. The number of rotatable bonds is 4. The van der Waals surface area contributed by atoms with Crippen LogP contribution in [0, 0.1) is 0 Å². The van der Waals surface area contributed by atoms with Gasteiger partial charge < -0.3 is 12.3 Å². The minimum absolute atomic E-state index is 1.94. The van der Waals surface area contributed by atoms with Crippen LogP contribution in [-0.2, 0) is 12.3 Å². The third-order valence-electron chi connectivity index (χ3n) is 0.983. The van der Waals surface area contributed by atoms with Crippen molar-refractivity contribution < 1.29 is 12.3 Å². The van der Waals surface area contributed by atoms with Gasteiger partial charge in [-0.1, -0.05) is 0 Å². The Morgan fingerprint density at radius 2 is 1.09 bits per heavy atom. The standard InChI is InChI=1S/C4H12O3Si4/c1-10(2,5-8)7-11(3,4)6-9/h1-4H3. The summed E-state index contributed by atoms with van der Waals surface area (Å²) in [6.07, 6.45) is 0. The second kappa shape index (κ2) is 4.12. The van der Waals surface area contributed by atoms with Gasteiger partial charge in [-0.05, 0) is 26.2 Å². The molecule has 62 valence electrons. The summed E-state index contributed by atoms with van der Waals surface area (Å²) in [5.74, 6) is 0. The molecule has 0 fully saturated rings. The van der Waals surface area contributed by atoms with Crippen molar-refractivity contribution >= 4 is 38.1 Å². The average molecular weight is 220 g/mol. The molecule has 11 heavy (non-hydrogen) atoms. The SMILES string of the molecule is C[Si](C)(O[Si])O[Si](C)(C)O[Si]. The van der Waals surface area contributed by atoms with Crippen molar-refractivity contribution in [2.24, 2.45) is 0 Å². The van der Waals surface area contributed by atoms with Gasteiger partial charge >= 0.3 is 17.1 Å². The first-order valence-electron chi connectivity index (χ1n) is 3.22. The van der Waals surface area contributed by atoms with Crippen molar-refractivity contribution in [3.8, 4) is 0 Å². The van der Waals surface area contributed by atoms with E-state index in [0.29, 0.717) is 0 Å². The first-order valence-corrected chi connectivity index (χ1v) is 9.67. The summed E-state index contributed by atoms with van der Waals surface area (Å²) in [5, 5.41) is 0. The molecular weight excluding hydrogens is 208 g/mol. The molecule has 0 heterocycles. The fourth-order valence-corrected chi connectivity index (χ4v) is 6.45. The second-order valence-corrected chi connectivity index (χ2v) is 11.2. The highest BCUT2D eigenvalue weighted by Crippen LogP contribution is 2.14. The summed E-state index contributed by atoms with van der Waals surface area (Å²) >= 11 is 0. The normalized spacial score (nSPS) is 13.6. The number of hydrogen-bond donors (Lipinski definition) is 0. The van der Waals surface area contributed by atoms with Crippen molar-refractivity contribution in [1.82, 2.24) is 0 Å². The van der Waals surface area contributed by atoms with E-state index in [1.54, 1.807) is 0 Å². The molecule has 0 atom stereocenters. The Morgan fingerprint density at radius 1 is 0.818 bits per heavy atom. The highest BCUT2D eigenvalue weighted by Gasteiger charge is 2.33. The molecular formula is C4H12O3Si4. The van der Waals surface area contributed by atoms with E-state index in [1.807, 2.05) is 26.2 Å². The van der Waals surface area contributed by atoms with Crippen LogP contribution in [0.1, 0.15) is 0 Å². The summed E-state index contributed by atoms with van der Waals surface area (Å²) < 4.78 is 15.7. The van der Waals surface area contributed by atoms with Crippen LogP contribution in [-0.4, -0.2) is 38.1 Å². The molecule has 0 N–H and O–H groups in total. The predicted octanol–water partition coefficient (Wildman–Crippen LogP) is 0.607. The molecule has 0 aliphatic carbocycles. The Morgan fingerprint density at radius 3 is 1.27 bits per heavy atom. The van der Waals surface area contributed by atoms with Crippen LogP contribution in [0.4, 0.5) is 0 Å². The van der Waals surface area contributed by atoms with E-state index >= 15 is 0 Å². The smallest absolute Gasteiger partial charge is 0.312 e. The molecule has 0 aromatic heterocycles. The van der Waals surface area contributed by atoms with Gasteiger partial charge in [-0.3, -0.25) is 0 Å². The summed E-state index contributed by atoms with van der Waals surface area (Å²) in [6, 6.07) is 0. The topological polar surface area (TPSA) is 27.7 Å². The van der Waals surface area contributed by atoms with Gasteiger partial charge in [-0.25, -0.2) is 0 Å². The zero-order valence-corrected chi connectivity index (χ0v) is 11.2. The van der Waals surface area contributed by atoms with Crippen LogP contribution in [0.25, 0.3) is 0 Å². The van der Waals surface area contributed by atoms with Crippen molar-refractivity contribution in [2.45, 2.75) is 26.2 Å². The van der Waals surface area contributed by atoms with E-state index in [1.165, 1.54) is 0 Å². The van der Waals surface area contributed by atoms with E-state index in [2.05, 4.69) is 21.0 Å². The first kappa shape index (κ1) is 11.7. The Bertz CT molecular complexity index is 113. The van der Waals surface area contributed by atoms with Crippen LogP contribution in [0.5, 0.6) is 0 Å². The van der Waals surface area contributed by atoms with E-state index in [0.717, 1.165) is 0 Å². The molecule has 0 saturated heterocycles. The highest BCUT2D eigenvalue weighted by atomic mass is 28.5. The Labute approximate surface area is 77.0 Å². The molecule has 0 unspecified atom stereocenters. The first-order chi connectivity index (χ1) is 4.83. The minimum Gasteiger partial charge on any atom is -0.437 e. The van der Waals surface area contributed by atoms with Crippen molar-refractivity contribution in [3.63, 3.8) is 0 Å². The quantitative estimate of drug-likeness (QED) is 0.650. The maximum atomic E-state index is 5.66. The monoisotopic (exact) mass is 220 g/mol. The lowest BCUT2D eigenvalue weighted by atomic mass is 11.9. The van der Waals surface area contributed by atoms with E-state index in [4.69, 9.17) is 12.3 Å². The molecule has 7 heteroatoms. The largest absolute Gasteiger partial charge is 0.437 e. The van der Waals surface area contributed by atoms with E-state index in [9.17, 15) is 0 Å². The van der Waals surface area contributed by atoms with Crippen molar-refractivity contribution in [1.29, 1.82) is 0 Å². The van der Waals surface area contributed by atoms with Crippen LogP contribution >= 0.6 is 0 Å². The highest BCUT2D eigenvalue weighted by molar-refractivity contribution is 6.80. The summed E-state index contributed by atoms with van der Waals surface area (Å²) in [6.45, 7) is 7.78. The lowest BCUT2D eigenvalue weighted by Crippen LogP contribution is -2.47. The molecule has 0 amide bonds. The zero-order valence-electron chi connectivity index (χ0n) is 7.22. The molecule has 0 spiro atoms. The van der Waals surface area contributed by atoms with Gasteiger partial charge in [0.2, 0.25) is 21.0 Å². The molecule has 0 aliphatic rings. The molecule has 0 aromatic rings. The average Bonchev–Trinajstić information content (AvgIpc) is 1.86. The third kappa shape index (κ3) is 5.06. The van der Waals surface area contributed by atoms with E-state index < -0.39 is 17.1 Å². The Hall–Kier alpha value is 0.748. The van der Waals surface area contributed by atoms with Gasteiger partial charge in [0.15, 0.2) is 0 Å². The molecule has 6 radical (unpaired) electrons. The molecule has 0 bridgehead atoms. The third-order valence-corrected chi connectivity index (χ3v) is 8.85. The maximum absolute atomic E-state index is 5.66. The van der Waals surface area contributed by atoms with Crippen LogP contribution in [0.15, 0.2) is 0 Å². The molecule has 0 rings (SSSR count). The fraction of sp³-hybridized carbons (Fsp3) is 1.00. The lowest BCUT2D eigenvalue weighted by Gasteiger charge is -2.30. The Kier molecular flexibility index (Phi) is 4.40. The second-order valence-electron chi connectivity index (χ2n) is 3.11.